The Hall–Kier alpha value is -1.86. The number of aromatic nitrogens is 2. The maximum Gasteiger partial charge on any atom is 0.410 e. The summed E-state index contributed by atoms with van der Waals surface area (Å²) < 4.78 is 38.1. The largest absolute Gasteiger partial charge is 0.410 e. The summed E-state index contributed by atoms with van der Waals surface area (Å²) in [7, 11) is 0. The standard InChI is InChI=1S/C10H14F3N5/c1-6(2)16-9(14)17-8-4-15-18(5-8)7(3)10(11,12)13/h4-5,7H,1-3H3,(H2,14,17). The Morgan fingerprint density at radius 3 is 2.61 bits per heavy atom. The summed E-state index contributed by atoms with van der Waals surface area (Å²) in [6, 6.07) is -1.71. The highest BCUT2D eigenvalue weighted by molar-refractivity contribution is 6.00. The predicted molar refractivity (Wildman–Crippen MR) is 63.1 cm³/mol. The molecule has 0 saturated carbocycles. The average molecular weight is 261 g/mol. The highest BCUT2D eigenvalue weighted by Gasteiger charge is 2.37. The number of guanidine groups is 1. The second-order valence-electron chi connectivity index (χ2n) is 3.96. The van der Waals surface area contributed by atoms with E-state index < -0.39 is 12.2 Å². The van der Waals surface area contributed by atoms with E-state index >= 15 is 0 Å². The van der Waals surface area contributed by atoms with Gasteiger partial charge in [-0.25, -0.2) is 4.99 Å². The summed E-state index contributed by atoms with van der Waals surface area (Å²) in [4.78, 5) is 3.81. The molecule has 0 aliphatic rings. The van der Waals surface area contributed by atoms with Crippen LogP contribution in [0.5, 0.6) is 0 Å². The first-order valence-corrected chi connectivity index (χ1v) is 5.18. The Morgan fingerprint density at radius 2 is 2.11 bits per heavy atom. The van der Waals surface area contributed by atoms with Gasteiger partial charge < -0.3 is 5.32 Å². The average Bonchev–Trinajstić information content (AvgIpc) is 2.61. The summed E-state index contributed by atoms with van der Waals surface area (Å²) in [5.41, 5.74) is 0.963. The van der Waals surface area contributed by atoms with Crippen molar-refractivity contribution in [2.45, 2.75) is 33.0 Å². The molecule has 0 saturated heterocycles. The highest BCUT2D eigenvalue weighted by Crippen LogP contribution is 2.29. The Labute approximate surface area is 102 Å². The number of nitrogens with zero attached hydrogens (tertiary/aromatic N) is 3. The van der Waals surface area contributed by atoms with Crippen LogP contribution in [0.4, 0.5) is 18.9 Å². The molecule has 0 fully saturated rings. The van der Waals surface area contributed by atoms with Gasteiger partial charge in [0.05, 0.1) is 11.9 Å². The van der Waals surface area contributed by atoms with E-state index in [0.717, 1.165) is 11.6 Å². The van der Waals surface area contributed by atoms with E-state index in [4.69, 9.17) is 5.41 Å². The third-order valence-electron chi connectivity index (χ3n) is 2.07. The molecule has 1 unspecified atom stereocenters. The van der Waals surface area contributed by atoms with Gasteiger partial charge in [-0.15, -0.1) is 0 Å². The lowest BCUT2D eigenvalue weighted by molar-refractivity contribution is -0.165. The molecule has 1 aromatic rings. The van der Waals surface area contributed by atoms with Gasteiger partial charge in [-0.05, 0) is 20.8 Å². The zero-order chi connectivity index (χ0) is 13.9. The molecular formula is C10H14F3N5. The Morgan fingerprint density at radius 1 is 1.50 bits per heavy atom. The van der Waals surface area contributed by atoms with Crippen molar-refractivity contribution in [3.05, 3.63) is 12.4 Å². The molecule has 18 heavy (non-hydrogen) atoms. The predicted octanol–water partition coefficient (Wildman–Crippen LogP) is 2.83. The van der Waals surface area contributed by atoms with Gasteiger partial charge in [-0.1, -0.05) is 0 Å². The number of rotatable bonds is 2. The van der Waals surface area contributed by atoms with Crippen LogP contribution in [0.1, 0.15) is 26.8 Å². The smallest absolute Gasteiger partial charge is 0.322 e. The number of hydrogen-bond donors (Lipinski definition) is 2. The SMILES string of the molecule is CC(C)=NC(=N)Nc1cnn(C(C)C(F)(F)F)c1. The van der Waals surface area contributed by atoms with Gasteiger partial charge in [0.15, 0.2) is 0 Å². The number of alkyl halides is 3. The third kappa shape index (κ3) is 3.86. The Balaban J connectivity index is 2.76. The molecule has 1 atom stereocenters. The van der Waals surface area contributed by atoms with E-state index in [1.807, 2.05) is 0 Å². The second-order valence-corrected chi connectivity index (χ2v) is 3.96. The van der Waals surface area contributed by atoms with E-state index in [-0.39, 0.29) is 5.96 Å². The van der Waals surface area contributed by atoms with Crippen LogP contribution in [0.2, 0.25) is 0 Å². The third-order valence-corrected chi connectivity index (χ3v) is 2.07. The van der Waals surface area contributed by atoms with Crippen LogP contribution in [0.3, 0.4) is 0 Å². The summed E-state index contributed by atoms with van der Waals surface area (Å²) >= 11 is 0. The molecule has 2 N–H and O–H groups in total. The van der Waals surface area contributed by atoms with Crippen molar-refractivity contribution < 1.29 is 13.2 Å². The van der Waals surface area contributed by atoms with Crippen molar-refractivity contribution in [1.29, 1.82) is 5.41 Å². The van der Waals surface area contributed by atoms with E-state index in [0.29, 0.717) is 11.4 Å². The maximum absolute atomic E-state index is 12.4. The minimum Gasteiger partial charge on any atom is -0.322 e. The molecule has 0 radical (unpaired) electrons. The van der Waals surface area contributed by atoms with E-state index in [2.05, 4.69) is 15.4 Å². The van der Waals surface area contributed by atoms with Crippen LogP contribution in [0.15, 0.2) is 17.4 Å². The van der Waals surface area contributed by atoms with Crippen LogP contribution < -0.4 is 5.32 Å². The summed E-state index contributed by atoms with van der Waals surface area (Å²) in [6.45, 7) is 4.44. The minimum absolute atomic E-state index is 0.144. The highest BCUT2D eigenvalue weighted by atomic mass is 19.4. The molecule has 100 valence electrons. The fraction of sp³-hybridized carbons (Fsp3) is 0.500. The zero-order valence-corrected chi connectivity index (χ0v) is 10.2. The number of anilines is 1. The first-order valence-electron chi connectivity index (χ1n) is 5.18. The van der Waals surface area contributed by atoms with E-state index in [9.17, 15) is 13.2 Å². The summed E-state index contributed by atoms with van der Waals surface area (Å²) in [5, 5.41) is 13.6. The van der Waals surface area contributed by atoms with Crippen molar-refractivity contribution >= 4 is 17.4 Å². The van der Waals surface area contributed by atoms with Crippen molar-refractivity contribution in [3.8, 4) is 0 Å². The molecule has 0 spiro atoms. The van der Waals surface area contributed by atoms with Gasteiger partial charge in [0, 0.05) is 11.9 Å². The number of aliphatic imine (C=N–C) groups is 1. The van der Waals surface area contributed by atoms with Crippen molar-refractivity contribution in [1.82, 2.24) is 9.78 Å². The normalized spacial score (nSPS) is 13.0. The lowest BCUT2D eigenvalue weighted by Gasteiger charge is -2.15. The van der Waals surface area contributed by atoms with Gasteiger partial charge in [0.1, 0.15) is 6.04 Å². The van der Waals surface area contributed by atoms with Crippen molar-refractivity contribution in [3.63, 3.8) is 0 Å². The van der Waals surface area contributed by atoms with Gasteiger partial charge in [-0.2, -0.15) is 18.3 Å². The Kier molecular flexibility index (Phi) is 4.10. The lowest BCUT2D eigenvalue weighted by Crippen LogP contribution is -2.24. The second kappa shape index (κ2) is 5.19. The fourth-order valence-corrected chi connectivity index (χ4v) is 1.15. The molecule has 1 rings (SSSR count). The molecular weight excluding hydrogens is 247 g/mol. The van der Waals surface area contributed by atoms with E-state index in [1.54, 1.807) is 13.8 Å². The minimum atomic E-state index is -4.35. The van der Waals surface area contributed by atoms with Crippen LogP contribution in [-0.4, -0.2) is 27.6 Å². The zero-order valence-electron chi connectivity index (χ0n) is 10.2. The molecule has 0 aliphatic heterocycles. The molecule has 0 aromatic carbocycles. The molecule has 8 heteroatoms. The van der Waals surface area contributed by atoms with Crippen LogP contribution in [0.25, 0.3) is 0 Å². The molecule has 0 bridgehead atoms. The maximum atomic E-state index is 12.4. The molecule has 5 nitrogen and oxygen atoms in total. The Bertz CT molecular complexity index is 456. The fourth-order valence-electron chi connectivity index (χ4n) is 1.15. The van der Waals surface area contributed by atoms with Crippen molar-refractivity contribution in [2.24, 2.45) is 4.99 Å². The van der Waals surface area contributed by atoms with Crippen LogP contribution in [0, 0.1) is 5.41 Å². The first kappa shape index (κ1) is 14.2. The lowest BCUT2D eigenvalue weighted by atomic mass is 10.3. The van der Waals surface area contributed by atoms with Crippen LogP contribution in [-0.2, 0) is 0 Å². The molecule has 1 aromatic heterocycles. The van der Waals surface area contributed by atoms with Gasteiger partial charge >= 0.3 is 6.18 Å². The number of halogens is 3. The molecule has 0 amide bonds. The number of nitrogens with one attached hydrogen (secondary N) is 2. The van der Waals surface area contributed by atoms with Crippen molar-refractivity contribution in [2.75, 3.05) is 5.32 Å². The first-order chi connectivity index (χ1) is 8.20. The summed E-state index contributed by atoms with van der Waals surface area (Å²) in [5.74, 6) is -0.144. The molecule has 1 heterocycles. The van der Waals surface area contributed by atoms with E-state index in [1.165, 1.54) is 12.4 Å². The molecule has 0 aliphatic carbocycles. The monoisotopic (exact) mass is 261 g/mol. The van der Waals surface area contributed by atoms with Gasteiger partial charge in [0.2, 0.25) is 5.96 Å². The van der Waals surface area contributed by atoms with Gasteiger partial charge in [-0.3, -0.25) is 10.1 Å². The quantitative estimate of drug-likeness (QED) is 0.635. The van der Waals surface area contributed by atoms with Crippen LogP contribution >= 0.6 is 0 Å². The van der Waals surface area contributed by atoms with Gasteiger partial charge in [0.25, 0.3) is 0 Å². The number of hydrogen-bond acceptors (Lipinski definition) is 2. The summed E-state index contributed by atoms with van der Waals surface area (Å²) in [6.07, 6.45) is -1.94. The topological polar surface area (TPSA) is 66.1 Å².